The zero-order valence-electron chi connectivity index (χ0n) is 9.64. The summed E-state index contributed by atoms with van der Waals surface area (Å²) in [7, 11) is 0. The van der Waals surface area contributed by atoms with Gasteiger partial charge in [-0.3, -0.25) is 9.78 Å². The van der Waals surface area contributed by atoms with Gasteiger partial charge >= 0.3 is 0 Å². The second kappa shape index (κ2) is 5.18. The Bertz CT molecular complexity index is 599. The number of hydrogen-bond acceptors (Lipinski definition) is 3. The fourth-order valence-corrected chi connectivity index (χ4v) is 1.75. The van der Waals surface area contributed by atoms with Gasteiger partial charge in [-0.2, -0.15) is 0 Å². The lowest BCUT2D eigenvalue weighted by atomic mass is 10.2. The number of anilines is 1. The predicted molar refractivity (Wildman–Crippen MR) is 72.7 cm³/mol. The van der Waals surface area contributed by atoms with E-state index in [-0.39, 0.29) is 17.2 Å². The smallest absolute Gasteiger partial charge is 0.259 e. The van der Waals surface area contributed by atoms with Crippen LogP contribution in [-0.4, -0.2) is 16.0 Å². The van der Waals surface area contributed by atoms with E-state index in [2.05, 4.69) is 26.2 Å². The predicted octanol–water partition coefficient (Wildman–Crippen LogP) is 3.11. The number of halogens is 1. The lowest BCUT2D eigenvalue weighted by Crippen LogP contribution is -2.12. The number of aromatic nitrogens is 1. The number of carbonyl (C=O) groups excluding carboxylic acids is 1. The molecule has 0 aliphatic rings. The first-order chi connectivity index (χ1) is 8.58. The monoisotopic (exact) mass is 306 g/mol. The summed E-state index contributed by atoms with van der Waals surface area (Å²) in [6.45, 7) is 1.93. The third-order valence-electron chi connectivity index (χ3n) is 2.46. The van der Waals surface area contributed by atoms with E-state index in [0.29, 0.717) is 5.69 Å². The van der Waals surface area contributed by atoms with E-state index < -0.39 is 0 Å². The van der Waals surface area contributed by atoms with Crippen molar-refractivity contribution in [1.29, 1.82) is 0 Å². The van der Waals surface area contributed by atoms with Crippen LogP contribution in [0.4, 0.5) is 5.69 Å². The summed E-state index contributed by atoms with van der Waals surface area (Å²) in [6, 6.07) is 6.96. The minimum atomic E-state index is -0.364. The average Bonchev–Trinajstić information content (AvgIpc) is 2.34. The van der Waals surface area contributed by atoms with Crippen LogP contribution in [0.15, 0.2) is 41.1 Å². The van der Waals surface area contributed by atoms with Gasteiger partial charge < -0.3 is 10.4 Å². The van der Waals surface area contributed by atoms with E-state index in [1.54, 1.807) is 6.07 Å². The summed E-state index contributed by atoms with van der Waals surface area (Å²) in [5, 5.41) is 12.2. The number of hydrogen-bond donors (Lipinski definition) is 2. The first-order valence-corrected chi connectivity index (χ1v) is 6.07. The van der Waals surface area contributed by atoms with Crippen LogP contribution >= 0.6 is 15.9 Å². The zero-order chi connectivity index (χ0) is 13.1. The topological polar surface area (TPSA) is 62.2 Å². The number of amides is 1. The first-order valence-electron chi connectivity index (χ1n) is 5.28. The Kier molecular flexibility index (Phi) is 3.62. The molecule has 1 heterocycles. The molecule has 0 aliphatic heterocycles. The highest BCUT2D eigenvalue weighted by Gasteiger charge is 2.11. The Morgan fingerprint density at radius 3 is 2.83 bits per heavy atom. The molecular formula is C13H11BrN2O2. The Morgan fingerprint density at radius 1 is 1.39 bits per heavy atom. The van der Waals surface area contributed by atoms with Gasteiger partial charge in [0.1, 0.15) is 5.75 Å². The highest BCUT2D eigenvalue weighted by molar-refractivity contribution is 9.10. The molecule has 0 aliphatic carbocycles. The van der Waals surface area contributed by atoms with Crippen molar-refractivity contribution in [3.8, 4) is 5.75 Å². The fourth-order valence-electron chi connectivity index (χ4n) is 1.50. The SMILES string of the molecule is Cc1cc(NC(=O)c2ccncc2O)ccc1Br. The lowest BCUT2D eigenvalue weighted by Gasteiger charge is -2.07. The summed E-state index contributed by atoms with van der Waals surface area (Å²) < 4.78 is 0.979. The Balaban J connectivity index is 2.22. The van der Waals surface area contributed by atoms with E-state index >= 15 is 0 Å². The summed E-state index contributed by atoms with van der Waals surface area (Å²) in [5.41, 5.74) is 1.90. The molecule has 1 aromatic carbocycles. The second-order valence-corrected chi connectivity index (χ2v) is 4.67. The molecule has 5 heteroatoms. The van der Waals surface area contributed by atoms with Crippen molar-refractivity contribution in [2.75, 3.05) is 5.32 Å². The molecule has 92 valence electrons. The van der Waals surface area contributed by atoms with Gasteiger partial charge in [-0.25, -0.2) is 0 Å². The van der Waals surface area contributed by atoms with Crippen molar-refractivity contribution in [3.05, 3.63) is 52.3 Å². The normalized spacial score (nSPS) is 10.1. The number of aromatic hydroxyl groups is 1. The van der Waals surface area contributed by atoms with Crippen LogP contribution < -0.4 is 5.32 Å². The molecule has 2 N–H and O–H groups in total. The third kappa shape index (κ3) is 2.68. The number of nitrogens with zero attached hydrogens (tertiary/aromatic N) is 1. The highest BCUT2D eigenvalue weighted by atomic mass is 79.9. The van der Waals surface area contributed by atoms with Gasteiger partial charge in [-0.05, 0) is 36.8 Å². The molecule has 0 bridgehead atoms. The van der Waals surface area contributed by atoms with Gasteiger partial charge in [0.05, 0.1) is 11.8 Å². The van der Waals surface area contributed by atoms with Gasteiger partial charge in [0, 0.05) is 16.4 Å². The molecule has 1 amide bonds. The molecule has 0 saturated carbocycles. The number of rotatable bonds is 2. The first kappa shape index (κ1) is 12.6. The molecule has 0 spiro atoms. The third-order valence-corrected chi connectivity index (χ3v) is 3.35. The maximum atomic E-state index is 11.9. The largest absolute Gasteiger partial charge is 0.505 e. The van der Waals surface area contributed by atoms with E-state index in [4.69, 9.17) is 0 Å². The second-order valence-electron chi connectivity index (χ2n) is 3.81. The van der Waals surface area contributed by atoms with Gasteiger partial charge in [0.25, 0.3) is 5.91 Å². The van der Waals surface area contributed by atoms with Crippen molar-refractivity contribution in [1.82, 2.24) is 4.98 Å². The number of benzene rings is 1. The summed E-state index contributed by atoms with van der Waals surface area (Å²) in [5.74, 6) is -0.500. The van der Waals surface area contributed by atoms with Gasteiger partial charge in [-0.1, -0.05) is 15.9 Å². The maximum absolute atomic E-state index is 11.9. The van der Waals surface area contributed by atoms with Crippen molar-refractivity contribution < 1.29 is 9.90 Å². The van der Waals surface area contributed by atoms with Crippen LogP contribution in [0.5, 0.6) is 5.75 Å². The van der Waals surface area contributed by atoms with Crippen molar-refractivity contribution in [2.45, 2.75) is 6.92 Å². The highest BCUT2D eigenvalue weighted by Crippen LogP contribution is 2.21. The van der Waals surface area contributed by atoms with Crippen LogP contribution in [0, 0.1) is 6.92 Å². The molecule has 1 aromatic heterocycles. The summed E-state index contributed by atoms with van der Waals surface area (Å²) in [6.07, 6.45) is 2.70. The Hall–Kier alpha value is -1.88. The minimum absolute atomic E-state index is 0.135. The molecular weight excluding hydrogens is 296 g/mol. The van der Waals surface area contributed by atoms with Crippen LogP contribution in [0.3, 0.4) is 0 Å². The quantitative estimate of drug-likeness (QED) is 0.896. The van der Waals surface area contributed by atoms with Gasteiger partial charge in [-0.15, -0.1) is 0 Å². The van der Waals surface area contributed by atoms with E-state index in [1.165, 1.54) is 18.5 Å². The Labute approximate surface area is 113 Å². The van der Waals surface area contributed by atoms with Crippen LogP contribution in [0.25, 0.3) is 0 Å². The van der Waals surface area contributed by atoms with Crippen LogP contribution in [0.2, 0.25) is 0 Å². The zero-order valence-corrected chi connectivity index (χ0v) is 11.2. The molecule has 0 unspecified atom stereocenters. The van der Waals surface area contributed by atoms with Gasteiger partial charge in [0.2, 0.25) is 0 Å². The number of nitrogens with one attached hydrogen (secondary N) is 1. The fraction of sp³-hybridized carbons (Fsp3) is 0.0769. The minimum Gasteiger partial charge on any atom is -0.505 e. The Morgan fingerprint density at radius 2 is 2.17 bits per heavy atom. The number of carbonyl (C=O) groups is 1. The molecule has 2 aromatic rings. The number of pyridine rings is 1. The van der Waals surface area contributed by atoms with E-state index in [1.807, 2.05) is 19.1 Å². The maximum Gasteiger partial charge on any atom is 0.259 e. The van der Waals surface area contributed by atoms with Crippen molar-refractivity contribution in [2.24, 2.45) is 0 Å². The van der Waals surface area contributed by atoms with Crippen molar-refractivity contribution in [3.63, 3.8) is 0 Å². The molecule has 18 heavy (non-hydrogen) atoms. The standard InChI is InChI=1S/C13H11BrN2O2/c1-8-6-9(2-3-11(8)14)16-13(18)10-4-5-15-7-12(10)17/h2-7,17H,1H3,(H,16,18). The van der Waals surface area contributed by atoms with Crippen LogP contribution in [-0.2, 0) is 0 Å². The van der Waals surface area contributed by atoms with Gasteiger partial charge in [0.15, 0.2) is 0 Å². The molecule has 4 nitrogen and oxygen atoms in total. The molecule has 2 rings (SSSR count). The molecule has 0 radical (unpaired) electrons. The van der Waals surface area contributed by atoms with Crippen molar-refractivity contribution >= 4 is 27.5 Å². The lowest BCUT2D eigenvalue weighted by molar-refractivity contribution is 0.102. The van der Waals surface area contributed by atoms with E-state index in [9.17, 15) is 9.90 Å². The number of aryl methyl sites for hydroxylation is 1. The summed E-state index contributed by atoms with van der Waals surface area (Å²) >= 11 is 3.39. The summed E-state index contributed by atoms with van der Waals surface area (Å²) in [4.78, 5) is 15.6. The molecule has 0 saturated heterocycles. The molecule has 0 fully saturated rings. The van der Waals surface area contributed by atoms with Crippen LogP contribution in [0.1, 0.15) is 15.9 Å². The van der Waals surface area contributed by atoms with E-state index in [0.717, 1.165) is 10.0 Å². The average molecular weight is 307 g/mol. The molecule has 0 atom stereocenters.